The van der Waals surface area contributed by atoms with E-state index in [2.05, 4.69) is 5.32 Å². The van der Waals surface area contributed by atoms with Crippen LogP contribution in [0, 0.1) is 12.7 Å². The summed E-state index contributed by atoms with van der Waals surface area (Å²) in [5.41, 5.74) is 3.07. The molecule has 1 aliphatic rings. The highest BCUT2D eigenvalue weighted by molar-refractivity contribution is 5.97. The summed E-state index contributed by atoms with van der Waals surface area (Å²) in [6.45, 7) is 2.67. The second kappa shape index (κ2) is 7.47. The number of aryl methyl sites for hydroxylation is 2. The molecular weight excluding hydrogens is 319 g/mol. The van der Waals surface area contributed by atoms with Gasteiger partial charge in [-0.1, -0.05) is 18.2 Å². The number of amides is 2. The molecule has 0 spiro atoms. The van der Waals surface area contributed by atoms with Crippen LogP contribution < -0.4 is 10.2 Å². The molecule has 5 heteroatoms. The number of rotatable bonds is 5. The molecule has 4 nitrogen and oxygen atoms in total. The zero-order valence-corrected chi connectivity index (χ0v) is 14.2. The van der Waals surface area contributed by atoms with Crippen molar-refractivity contribution in [2.45, 2.75) is 32.6 Å². The van der Waals surface area contributed by atoms with E-state index in [1.165, 1.54) is 6.07 Å². The minimum atomic E-state index is -0.286. The van der Waals surface area contributed by atoms with Gasteiger partial charge in [-0.15, -0.1) is 0 Å². The molecule has 0 aromatic heterocycles. The Morgan fingerprint density at radius 1 is 1.24 bits per heavy atom. The number of hydrogen-bond acceptors (Lipinski definition) is 2. The Morgan fingerprint density at radius 3 is 2.72 bits per heavy atom. The molecule has 2 aromatic rings. The van der Waals surface area contributed by atoms with Crippen LogP contribution in [-0.4, -0.2) is 18.4 Å². The smallest absolute Gasteiger partial charge is 0.227 e. The Labute approximate surface area is 146 Å². The lowest BCUT2D eigenvalue weighted by Gasteiger charge is -2.19. The molecule has 3 rings (SSSR count). The predicted molar refractivity (Wildman–Crippen MR) is 96.1 cm³/mol. The quantitative estimate of drug-likeness (QED) is 0.899. The van der Waals surface area contributed by atoms with E-state index in [4.69, 9.17) is 0 Å². The summed E-state index contributed by atoms with van der Waals surface area (Å²) >= 11 is 0. The molecule has 0 bridgehead atoms. The Kier molecular flexibility index (Phi) is 5.12. The van der Waals surface area contributed by atoms with Crippen molar-refractivity contribution in [3.05, 3.63) is 59.4 Å². The van der Waals surface area contributed by atoms with E-state index in [0.29, 0.717) is 24.1 Å². The van der Waals surface area contributed by atoms with Crippen molar-refractivity contribution in [2.24, 2.45) is 0 Å². The SMILES string of the molecule is Cc1cc(NC(=O)CCc2ccccc2F)ccc1N1CCCC1=O. The van der Waals surface area contributed by atoms with Crippen LogP contribution in [0.15, 0.2) is 42.5 Å². The van der Waals surface area contributed by atoms with E-state index >= 15 is 0 Å². The van der Waals surface area contributed by atoms with E-state index in [9.17, 15) is 14.0 Å². The predicted octanol–water partition coefficient (Wildman–Crippen LogP) is 3.83. The normalized spacial score (nSPS) is 14.0. The third-order valence-corrected chi connectivity index (χ3v) is 4.42. The van der Waals surface area contributed by atoms with Crippen LogP contribution in [0.25, 0.3) is 0 Å². The highest BCUT2D eigenvalue weighted by Crippen LogP contribution is 2.27. The van der Waals surface area contributed by atoms with Gasteiger partial charge in [0.05, 0.1) is 0 Å². The average molecular weight is 340 g/mol. The van der Waals surface area contributed by atoms with Gasteiger partial charge in [-0.25, -0.2) is 4.39 Å². The minimum Gasteiger partial charge on any atom is -0.326 e. The fourth-order valence-corrected chi connectivity index (χ4v) is 3.11. The van der Waals surface area contributed by atoms with E-state index in [-0.39, 0.29) is 24.1 Å². The van der Waals surface area contributed by atoms with Crippen molar-refractivity contribution in [3.8, 4) is 0 Å². The number of halogens is 1. The maximum atomic E-state index is 13.6. The number of benzene rings is 2. The zero-order chi connectivity index (χ0) is 17.8. The van der Waals surface area contributed by atoms with Crippen LogP contribution in [-0.2, 0) is 16.0 Å². The fourth-order valence-electron chi connectivity index (χ4n) is 3.11. The molecule has 2 aromatic carbocycles. The number of carbonyl (C=O) groups is 2. The lowest BCUT2D eigenvalue weighted by Crippen LogP contribution is -2.24. The summed E-state index contributed by atoms with van der Waals surface area (Å²) in [6.07, 6.45) is 2.05. The maximum absolute atomic E-state index is 13.6. The summed E-state index contributed by atoms with van der Waals surface area (Å²) < 4.78 is 13.6. The van der Waals surface area contributed by atoms with Crippen molar-refractivity contribution in [1.82, 2.24) is 0 Å². The zero-order valence-electron chi connectivity index (χ0n) is 14.2. The molecule has 1 N–H and O–H groups in total. The third-order valence-electron chi connectivity index (χ3n) is 4.42. The van der Waals surface area contributed by atoms with E-state index in [1.807, 2.05) is 19.1 Å². The summed E-state index contributed by atoms with van der Waals surface area (Å²) in [7, 11) is 0. The van der Waals surface area contributed by atoms with Gasteiger partial charge in [0.2, 0.25) is 11.8 Å². The van der Waals surface area contributed by atoms with E-state index in [0.717, 1.165) is 24.2 Å². The standard InChI is InChI=1S/C20H21FN2O2/c1-14-13-16(9-10-18(14)23-12-4-7-20(23)25)22-19(24)11-8-15-5-2-3-6-17(15)21/h2-3,5-6,9-10,13H,4,7-8,11-12H2,1H3,(H,22,24). The highest BCUT2D eigenvalue weighted by atomic mass is 19.1. The van der Waals surface area contributed by atoms with Crippen LogP contribution in [0.2, 0.25) is 0 Å². The molecule has 0 saturated carbocycles. The molecule has 1 fully saturated rings. The van der Waals surface area contributed by atoms with Gasteiger partial charge in [0.1, 0.15) is 5.82 Å². The van der Waals surface area contributed by atoms with Gasteiger partial charge in [0, 0.05) is 30.8 Å². The number of anilines is 2. The summed E-state index contributed by atoms with van der Waals surface area (Å²) in [4.78, 5) is 25.8. The van der Waals surface area contributed by atoms with Crippen LogP contribution >= 0.6 is 0 Å². The summed E-state index contributed by atoms with van der Waals surface area (Å²) in [5.74, 6) is -0.303. The Bertz CT molecular complexity index is 804. The lowest BCUT2D eigenvalue weighted by atomic mass is 10.1. The molecule has 1 aliphatic heterocycles. The van der Waals surface area contributed by atoms with Crippen LogP contribution in [0.4, 0.5) is 15.8 Å². The second-order valence-electron chi connectivity index (χ2n) is 6.29. The van der Waals surface area contributed by atoms with E-state index in [1.54, 1.807) is 29.2 Å². The van der Waals surface area contributed by atoms with Gasteiger partial charge in [-0.05, 0) is 55.2 Å². The molecule has 0 aliphatic carbocycles. The first-order valence-electron chi connectivity index (χ1n) is 8.49. The molecule has 1 saturated heterocycles. The van der Waals surface area contributed by atoms with Gasteiger partial charge >= 0.3 is 0 Å². The monoisotopic (exact) mass is 340 g/mol. The number of carbonyl (C=O) groups excluding carboxylic acids is 2. The van der Waals surface area contributed by atoms with Crippen LogP contribution in [0.5, 0.6) is 0 Å². The number of nitrogens with one attached hydrogen (secondary N) is 1. The number of hydrogen-bond donors (Lipinski definition) is 1. The van der Waals surface area contributed by atoms with Gasteiger partial charge in [-0.2, -0.15) is 0 Å². The Hall–Kier alpha value is -2.69. The molecule has 1 heterocycles. The maximum Gasteiger partial charge on any atom is 0.227 e. The molecule has 130 valence electrons. The molecule has 0 atom stereocenters. The molecule has 0 unspecified atom stereocenters. The van der Waals surface area contributed by atoms with Crippen molar-refractivity contribution >= 4 is 23.2 Å². The van der Waals surface area contributed by atoms with Crippen molar-refractivity contribution in [3.63, 3.8) is 0 Å². The van der Waals surface area contributed by atoms with Gasteiger partial charge in [-0.3, -0.25) is 9.59 Å². The molecule has 25 heavy (non-hydrogen) atoms. The van der Waals surface area contributed by atoms with Crippen molar-refractivity contribution in [1.29, 1.82) is 0 Å². The fraction of sp³-hybridized carbons (Fsp3) is 0.300. The summed E-state index contributed by atoms with van der Waals surface area (Å²) in [6, 6.07) is 12.0. The molecular formula is C20H21FN2O2. The largest absolute Gasteiger partial charge is 0.326 e. The van der Waals surface area contributed by atoms with Crippen LogP contribution in [0.3, 0.4) is 0 Å². The minimum absolute atomic E-state index is 0.143. The van der Waals surface area contributed by atoms with Gasteiger partial charge in [0.25, 0.3) is 0 Å². The van der Waals surface area contributed by atoms with Crippen molar-refractivity contribution in [2.75, 3.05) is 16.8 Å². The Morgan fingerprint density at radius 2 is 2.04 bits per heavy atom. The van der Waals surface area contributed by atoms with E-state index < -0.39 is 0 Å². The van der Waals surface area contributed by atoms with Crippen LogP contribution in [0.1, 0.15) is 30.4 Å². The topological polar surface area (TPSA) is 49.4 Å². The molecule has 0 radical (unpaired) electrons. The van der Waals surface area contributed by atoms with Gasteiger partial charge < -0.3 is 10.2 Å². The lowest BCUT2D eigenvalue weighted by molar-refractivity contribution is -0.117. The third kappa shape index (κ3) is 4.05. The average Bonchev–Trinajstić information content (AvgIpc) is 3.00. The first kappa shape index (κ1) is 17.1. The summed E-state index contributed by atoms with van der Waals surface area (Å²) in [5, 5.41) is 2.84. The first-order chi connectivity index (χ1) is 12.0. The Balaban J connectivity index is 1.61. The molecule has 2 amide bonds. The number of nitrogens with zero attached hydrogens (tertiary/aromatic N) is 1. The van der Waals surface area contributed by atoms with Crippen molar-refractivity contribution < 1.29 is 14.0 Å². The first-order valence-corrected chi connectivity index (χ1v) is 8.49. The second-order valence-corrected chi connectivity index (χ2v) is 6.29. The highest BCUT2D eigenvalue weighted by Gasteiger charge is 2.23. The van der Waals surface area contributed by atoms with Gasteiger partial charge in [0.15, 0.2) is 0 Å².